The van der Waals surface area contributed by atoms with Crippen molar-refractivity contribution in [1.29, 1.82) is 0 Å². The van der Waals surface area contributed by atoms with E-state index >= 15 is 0 Å². The second kappa shape index (κ2) is 15.5. The molecule has 4 fully saturated rings. The summed E-state index contributed by atoms with van der Waals surface area (Å²) < 4.78 is 0. The molecule has 12 unspecified atom stereocenters. The number of hydrogen-bond donors (Lipinski definition) is 0. The number of fused-ring (bicyclic) bond motifs is 1. The van der Waals surface area contributed by atoms with Gasteiger partial charge in [-0.2, -0.15) is 0 Å². The maximum Gasteiger partial charge on any atom is -0.0357 e. The molecule has 0 bridgehead atoms. The molecule has 4 aliphatic rings. The third-order valence-corrected chi connectivity index (χ3v) is 13.5. The van der Waals surface area contributed by atoms with Crippen LogP contribution in [0, 0.1) is 76.9 Å². The van der Waals surface area contributed by atoms with Gasteiger partial charge in [0.2, 0.25) is 0 Å². The molecule has 0 aromatic heterocycles. The molecule has 0 heteroatoms. The van der Waals surface area contributed by atoms with E-state index in [0.29, 0.717) is 0 Å². The highest BCUT2D eigenvalue weighted by atomic mass is 14.5. The van der Waals surface area contributed by atoms with Crippen molar-refractivity contribution in [2.24, 2.45) is 76.9 Å². The van der Waals surface area contributed by atoms with Crippen molar-refractivity contribution >= 4 is 0 Å². The fourth-order valence-corrected chi connectivity index (χ4v) is 11.3. The minimum atomic E-state index is 0.884. The van der Waals surface area contributed by atoms with Crippen molar-refractivity contribution in [1.82, 2.24) is 0 Å². The van der Waals surface area contributed by atoms with Crippen LogP contribution in [0.2, 0.25) is 0 Å². The minimum Gasteiger partial charge on any atom is -0.0651 e. The summed E-state index contributed by atoms with van der Waals surface area (Å²) in [5.74, 6) is 12.9. The van der Waals surface area contributed by atoms with Gasteiger partial charge in [0.1, 0.15) is 0 Å². The Kier molecular flexibility index (Phi) is 12.7. The third-order valence-electron chi connectivity index (χ3n) is 13.5. The molecule has 4 rings (SSSR count). The molecule has 4 aliphatic carbocycles. The molecule has 0 aliphatic heterocycles. The zero-order chi connectivity index (χ0) is 27.9. The molecule has 4 saturated carbocycles. The molecular formula is C39H72. The topological polar surface area (TPSA) is 0 Å². The monoisotopic (exact) mass is 541 g/mol. The van der Waals surface area contributed by atoms with Crippen LogP contribution in [-0.4, -0.2) is 0 Å². The Morgan fingerprint density at radius 3 is 2.10 bits per heavy atom. The standard InChI is InChI=1S/C39H72/c1-8-28(4)21-36(23-31(7)38-18-11-9-14-29(38)5)34-17-13-16-33(26-34)30(6)22-32-24-35-15-10-12-19-39(35)37(25-32)20-27(2)3/h27-39H,8-26H2,1-7H3. The highest BCUT2D eigenvalue weighted by Gasteiger charge is 2.40. The first-order chi connectivity index (χ1) is 18.7. The van der Waals surface area contributed by atoms with Crippen LogP contribution in [0.1, 0.15) is 170 Å². The fraction of sp³-hybridized carbons (Fsp3) is 1.00. The van der Waals surface area contributed by atoms with Gasteiger partial charge in [0, 0.05) is 0 Å². The largest absolute Gasteiger partial charge is 0.0651 e. The molecule has 0 heterocycles. The van der Waals surface area contributed by atoms with Crippen LogP contribution < -0.4 is 0 Å². The normalized spacial score (nSPS) is 39.1. The van der Waals surface area contributed by atoms with Crippen LogP contribution in [0.3, 0.4) is 0 Å². The maximum atomic E-state index is 2.70. The SMILES string of the molecule is CCC(C)CC(CC(C)C1CCCCC1C)C1CCCC(C(C)CC2CC3CCCCC3C(CC(C)C)C2)C1. The van der Waals surface area contributed by atoms with Crippen LogP contribution in [0.4, 0.5) is 0 Å². The summed E-state index contributed by atoms with van der Waals surface area (Å²) >= 11 is 0. The third kappa shape index (κ3) is 8.99. The van der Waals surface area contributed by atoms with Crippen molar-refractivity contribution in [3.8, 4) is 0 Å². The highest BCUT2D eigenvalue weighted by molar-refractivity contribution is 4.91. The van der Waals surface area contributed by atoms with E-state index < -0.39 is 0 Å². The molecular weight excluding hydrogens is 468 g/mol. The first-order valence-electron chi connectivity index (χ1n) is 18.7. The highest BCUT2D eigenvalue weighted by Crippen LogP contribution is 2.51. The van der Waals surface area contributed by atoms with Gasteiger partial charge in [-0.05, 0) is 135 Å². The molecule has 0 N–H and O–H groups in total. The van der Waals surface area contributed by atoms with Crippen LogP contribution in [-0.2, 0) is 0 Å². The lowest BCUT2D eigenvalue weighted by molar-refractivity contribution is 0.0376. The molecule has 0 aromatic carbocycles. The van der Waals surface area contributed by atoms with Crippen molar-refractivity contribution < 1.29 is 0 Å². The van der Waals surface area contributed by atoms with E-state index in [1.165, 1.54) is 77.0 Å². The van der Waals surface area contributed by atoms with E-state index in [2.05, 4.69) is 48.5 Å². The summed E-state index contributed by atoms with van der Waals surface area (Å²) in [4.78, 5) is 0. The summed E-state index contributed by atoms with van der Waals surface area (Å²) in [7, 11) is 0. The molecule has 0 spiro atoms. The average Bonchev–Trinajstić information content (AvgIpc) is 2.92. The van der Waals surface area contributed by atoms with Crippen molar-refractivity contribution in [2.75, 3.05) is 0 Å². The minimum absolute atomic E-state index is 0.884. The first-order valence-corrected chi connectivity index (χ1v) is 18.7. The molecule has 228 valence electrons. The smallest absolute Gasteiger partial charge is 0.0357 e. The average molecular weight is 541 g/mol. The maximum absolute atomic E-state index is 2.70. The van der Waals surface area contributed by atoms with Crippen molar-refractivity contribution in [3.05, 3.63) is 0 Å². The second-order valence-electron chi connectivity index (χ2n) is 17.0. The Hall–Kier alpha value is 0. The Labute approximate surface area is 247 Å². The Balaban J connectivity index is 1.36. The number of hydrogen-bond acceptors (Lipinski definition) is 0. The lowest BCUT2D eigenvalue weighted by atomic mass is 9.59. The van der Waals surface area contributed by atoms with Gasteiger partial charge in [-0.25, -0.2) is 0 Å². The van der Waals surface area contributed by atoms with E-state index in [1.807, 2.05) is 0 Å². The van der Waals surface area contributed by atoms with Crippen molar-refractivity contribution in [3.63, 3.8) is 0 Å². The zero-order valence-corrected chi connectivity index (χ0v) is 27.9. The summed E-state index contributed by atoms with van der Waals surface area (Å²) in [6.07, 6.45) is 29.0. The second-order valence-corrected chi connectivity index (χ2v) is 17.0. The lowest BCUT2D eigenvalue weighted by Gasteiger charge is -2.47. The molecule has 0 aromatic rings. The van der Waals surface area contributed by atoms with E-state index in [0.717, 1.165) is 76.9 Å². The quantitative estimate of drug-likeness (QED) is 0.231. The zero-order valence-electron chi connectivity index (χ0n) is 27.9. The Morgan fingerprint density at radius 1 is 0.641 bits per heavy atom. The Morgan fingerprint density at radius 2 is 1.36 bits per heavy atom. The van der Waals surface area contributed by atoms with Gasteiger partial charge >= 0.3 is 0 Å². The van der Waals surface area contributed by atoms with E-state index in [9.17, 15) is 0 Å². The van der Waals surface area contributed by atoms with Crippen LogP contribution in [0.15, 0.2) is 0 Å². The van der Waals surface area contributed by atoms with E-state index in [4.69, 9.17) is 0 Å². The summed E-state index contributed by atoms with van der Waals surface area (Å²) in [5.41, 5.74) is 0. The molecule has 12 atom stereocenters. The predicted molar refractivity (Wildman–Crippen MR) is 173 cm³/mol. The van der Waals surface area contributed by atoms with Crippen molar-refractivity contribution in [2.45, 2.75) is 170 Å². The fourth-order valence-electron chi connectivity index (χ4n) is 11.3. The molecule has 0 saturated heterocycles. The van der Waals surface area contributed by atoms with Gasteiger partial charge in [0.25, 0.3) is 0 Å². The van der Waals surface area contributed by atoms with Crippen LogP contribution in [0.5, 0.6) is 0 Å². The molecule has 0 amide bonds. The molecule has 39 heavy (non-hydrogen) atoms. The lowest BCUT2D eigenvalue weighted by Crippen LogP contribution is -2.37. The molecule has 0 radical (unpaired) electrons. The van der Waals surface area contributed by atoms with Gasteiger partial charge in [-0.15, -0.1) is 0 Å². The van der Waals surface area contributed by atoms with E-state index in [-0.39, 0.29) is 0 Å². The summed E-state index contributed by atoms with van der Waals surface area (Å²) in [6, 6.07) is 0. The Bertz CT molecular complexity index is 678. The predicted octanol–water partition coefficient (Wildman–Crippen LogP) is 12.6. The number of rotatable bonds is 12. The van der Waals surface area contributed by atoms with Crippen LogP contribution in [0.25, 0.3) is 0 Å². The molecule has 0 nitrogen and oxygen atoms in total. The van der Waals surface area contributed by atoms with Gasteiger partial charge in [-0.3, -0.25) is 0 Å². The summed E-state index contributed by atoms with van der Waals surface area (Å²) in [6.45, 7) is 17.9. The van der Waals surface area contributed by atoms with Crippen LogP contribution >= 0.6 is 0 Å². The first kappa shape index (κ1) is 31.9. The van der Waals surface area contributed by atoms with Gasteiger partial charge < -0.3 is 0 Å². The van der Waals surface area contributed by atoms with Gasteiger partial charge in [0.15, 0.2) is 0 Å². The summed E-state index contributed by atoms with van der Waals surface area (Å²) in [5, 5.41) is 0. The van der Waals surface area contributed by atoms with Gasteiger partial charge in [0.05, 0.1) is 0 Å². The van der Waals surface area contributed by atoms with Gasteiger partial charge in [-0.1, -0.05) is 113 Å². The van der Waals surface area contributed by atoms with E-state index in [1.54, 1.807) is 44.9 Å².